The third kappa shape index (κ3) is 3.20. The molecule has 6 heteroatoms. The van der Waals surface area contributed by atoms with E-state index in [1.165, 1.54) is 0 Å². The van der Waals surface area contributed by atoms with Crippen molar-refractivity contribution < 1.29 is 4.57 Å². The summed E-state index contributed by atoms with van der Waals surface area (Å²) < 4.78 is 17.2. The molecule has 8 aromatic rings. The van der Waals surface area contributed by atoms with E-state index >= 15 is 0 Å². The predicted molar refractivity (Wildman–Crippen MR) is 160 cm³/mol. The number of para-hydroxylation sites is 3. The number of benzene rings is 4. The molecule has 4 heterocycles. The van der Waals surface area contributed by atoms with Gasteiger partial charge in [0.15, 0.2) is 7.14 Å². The Labute approximate surface area is 223 Å². The molecule has 0 N–H and O–H groups in total. The first-order chi connectivity index (χ1) is 19.2. The van der Waals surface area contributed by atoms with Crippen LogP contribution in [-0.4, -0.2) is 19.4 Å². The molecule has 0 saturated heterocycles. The highest BCUT2D eigenvalue weighted by molar-refractivity contribution is 7.85. The SMILES string of the molecule is O=P(c1ccncc1)(c1cccnc1)c1ccc2cc3c(cc2c1)c1ccccc1n1c2ccccc2nc31. The third-order valence-electron chi connectivity index (χ3n) is 7.60. The second kappa shape index (κ2) is 8.32. The molecule has 4 aromatic carbocycles. The lowest BCUT2D eigenvalue weighted by Crippen LogP contribution is -2.25. The normalized spacial score (nSPS) is 13.4. The van der Waals surface area contributed by atoms with Crippen molar-refractivity contribution in [1.29, 1.82) is 0 Å². The van der Waals surface area contributed by atoms with Crippen LogP contribution in [0.1, 0.15) is 0 Å². The molecule has 1 atom stereocenters. The lowest BCUT2D eigenvalue weighted by atomic mass is 10.0. The molecular weight excluding hydrogens is 499 g/mol. The Hall–Kier alpha value is -4.86. The zero-order chi connectivity index (χ0) is 26.0. The molecule has 4 aromatic heterocycles. The van der Waals surface area contributed by atoms with Gasteiger partial charge >= 0.3 is 0 Å². The number of nitrogens with zero attached hydrogens (tertiary/aromatic N) is 4. The van der Waals surface area contributed by atoms with Crippen molar-refractivity contribution in [3.63, 3.8) is 0 Å². The van der Waals surface area contributed by atoms with Gasteiger partial charge < -0.3 is 4.57 Å². The summed E-state index contributed by atoms with van der Waals surface area (Å²) in [7, 11) is -3.17. The first-order valence-corrected chi connectivity index (χ1v) is 14.5. The second-order valence-electron chi connectivity index (χ2n) is 9.73. The van der Waals surface area contributed by atoms with Gasteiger partial charge in [-0.2, -0.15) is 0 Å². The molecular formula is C33H21N4OP. The Morgan fingerprint density at radius 1 is 0.564 bits per heavy atom. The number of pyridine rings is 3. The van der Waals surface area contributed by atoms with Gasteiger partial charge in [0.05, 0.1) is 16.6 Å². The van der Waals surface area contributed by atoms with Crippen LogP contribution >= 0.6 is 7.14 Å². The van der Waals surface area contributed by atoms with E-state index in [1.807, 2.05) is 36.4 Å². The van der Waals surface area contributed by atoms with Crippen LogP contribution in [0.5, 0.6) is 0 Å². The second-order valence-corrected chi connectivity index (χ2v) is 12.5. The predicted octanol–water partition coefficient (Wildman–Crippen LogP) is 6.38. The van der Waals surface area contributed by atoms with Crippen LogP contribution in [0.25, 0.3) is 49.1 Å². The number of aromatic nitrogens is 4. The topological polar surface area (TPSA) is 60.2 Å². The van der Waals surface area contributed by atoms with Crippen molar-refractivity contribution in [1.82, 2.24) is 19.4 Å². The van der Waals surface area contributed by atoms with Crippen LogP contribution < -0.4 is 15.9 Å². The Kier molecular flexibility index (Phi) is 4.73. The van der Waals surface area contributed by atoms with Crippen LogP contribution in [0, 0.1) is 0 Å². The standard InChI is InChI=1S/C33H21N4OP/c38-39(24-13-16-34-17-14-24,26-6-5-15-35-21-26)25-12-11-22-19-29-28(20-23(22)18-25)27-7-1-3-9-31(27)37-32-10-4-2-8-30(32)36-33(29)37/h1-21H. The molecule has 8 rings (SSSR count). The van der Waals surface area contributed by atoms with Gasteiger partial charge in [-0.1, -0.05) is 42.5 Å². The molecule has 0 fully saturated rings. The van der Waals surface area contributed by atoms with Gasteiger partial charge in [0, 0.05) is 51.5 Å². The summed E-state index contributed by atoms with van der Waals surface area (Å²) in [6, 6.07) is 34.7. The summed E-state index contributed by atoms with van der Waals surface area (Å²) in [6.45, 7) is 0. The largest absolute Gasteiger partial charge is 0.309 e. The smallest absolute Gasteiger partial charge is 0.172 e. The van der Waals surface area contributed by atoms with E-state index in [9.17, 15) is 4.57 Å². The maximum Gasteiger partial charge on any atom is 0.172 e. The molecule has 0 aliphatic rings. The van der Waals surface area contributed by atoms with Crippen molar-refractivity contribution in [2.45, 2.75) is 0 Å². The fraction of sp³-hybridized carbons (Fsp3) is 0. The van der Waals surface area contributed by atoms with Crippen molar-refractivity contribution in [2.24, 2.45) is 0 Å². The lowest BCUT2D eigenvalue weighted by Gasteiger charge is -2.20. The maximum absolute atomic E-state index is 14.9. The number of hydrogen-bond acceptors (Lipinski definition) is 4. The Morgan fingerprint density at radius 3 is 2.21 bits per heavy atom. The molecule has 0 spiro atoms. The lowest BCUT2D eigenvalue weighted by molar-refractivity contribution is 0.592. The molecule has 0 saturated carbocycles. The minimum atomic E-state index is -3.17. The van der Waals surface area contributed by atoms with E-state index in [-0.39, 0.29) is 0 Å². The van der Waals surface area contributed by atoms with Crippen molar-refractivity contribution >= 4 is 72.2 Å². The molecule has 0 aliphatic heterocycles. The fourth-order valence-corrected chi connectivity index (χ4v) is 8.36. The highest BCUT2D eigenvalue weighted by Crippen LogP contribution is 2.43. The molecule has 0 aliphatic carbocycles. The van der Waals surface area contributed by atoms with Crippen LogP contribution in [0.4, 0.5) is 0 Å². The van der Waals surface area contributed by atoms with E-state index in [1.54, 1.807) is 24.8 Å². The molecule has 0 amide bonds. The Balaban J connectivity index is 1.46. The van der Waals surface area contributed by atoms with Crippen molar-refractivity contribution in [2.75, 3.05) is 0 Å². The van der Waals surface area contributed by atoms with Crippen LogP contribution in [-0.2, 0) is 4.57 Å². The molecule has 1 unspecified atom stereocenters. The Morgan fingerprint density at radius 2 is 1.36 bits per heavy atom. The van der Waals surface area contributed by atoms with E-state index in [0.717, 1.165) is 59.7 Å². The summed E-state index contributed by atoms with van der Waals surface area (Å²) in [5, 5.41) is 7.68. The first-order valence-electron chi connectivity index (χ1n) is 12.8. The summed E-state index contributed by atoms with van der Waals surface area (Å²) in [5.41, 5.74) is 4.12. The van der Waals surface area contributed by atoms with E-state index < -0.39 is 7.14 Å². The number of imidazole rings is 1. The van der Waals surface area contributed by atoms with Crippen molar-refractivity contribution in [3.05, 3.63) is 128 Å². The van der Waals surface area contributed by atoms with Crippen LogP contribution in [0.3, 0.4) is 0 Å². The van der Waals surface area contributed by atoms with Gasteiger partial charge in [-0.05, 0) is 76.8 Å². The van der Waals surface area contributed by atoms with E-state index in [2.05, 4.69) is 81.1 Å². The Bertz CT molecular complexity index is 2220. The van der Waals surface area contributed by atoms with Crippen LogP contribution in [0.2, 0.25) is 0 Å². The van der Waals surface area contributed by atoms with Crippen LogP contribution in [0.15, 0.2) is 128 Å². The first kappa shape index (κ1) is 22.2. The van der Waals surface area contributed by atoms with Gasteiger partial charge in [0.2, 0.25) is 0 Å². The summed E-state index contributed by atoms with van der Waals surface area (Å²) in [4.78, 5) is 13.5. The quantitative estimate of drug-likeness (QED) is 0.154. The number of fused-ring (bicyclic) bond motifs is 9. The van der Waals surface area contributed by atoms with Gasteiger partial charge in [-0.25, -0.2) is 4.98 Å². The fourth-order valence-electron chi connectivity index (χ4n) is 5.78. The molecule has 39 heavy (non-hydrogen) atoms. The van der Waals surface area contributed by atoms with Gasteiger partial charge in [0.25, 0.3) is 0 Å². The molecule has 184 valence electrons. The zero-order valence-electron chi connectivity index (χ0n) is 20.8. The molecule has 0 bridgehead atoms. The van der Waals surface area contributed by atoms with Crippen molar-refractivity contribution in [3.8, 4) is 0 Å². The van der Waals surface area contributed by atoms with E-state index in [4.69, 9.17) is 4.98 Å². The monoisotopic (exact) mass is 520 g/mol. The molecule has 0 radical (unpaired) electrons. The summed E-state index contributed by atoms with van der Waals surface area (Å²) in [6.07, 6.45) is 6.80. The van der Waals surface area contributed by atoms with E-state index in [0.29, 0.717) is 5.30 Å². The molecule has 5 nitrogen and oxygen atoms in total. The average molecular weight is 521 g/mol. The van der Waals surface area contributed by atoms with Gasteiger partial charge in [-0.3, -0.25) is 14.4 Å². The average Bonchev–Trinajstić information content (AvgIpc) is 3.41. The summed E-state index contributed by atoms with van der Waals surface area (Å²) in [5.74, 6) is 0. The number of rotatable bonds is 3. The maximum atomic E-state index is 14.9. The van der Waals surface area contributed by atoms with Gasteiger partial charge in [0.1, 0.15) is 5.65 Å². The zero-order valence-corrected chi connectivity index (χ0v) is 21.7. The summed E-state index contributed by atoms with van der Waals surface area (Å²) >= 11 is 0. The minimum absolute atomic E-state index is 0.701. The highest BCUT2D eigenvalue weighted by Gasteiger charge is 2.30. The highest BCUT2D eigenvalue weighted by atomic mass is 31.2. The number of hydrogen-bond donors (Lipinski definition) is 0. The third-order valence-corrected chi connectivity index (χ3v) is 10.6. The minimum Gasteiger partial charge on any atom is -0.309 e. The van der Waals surface area contributed by atoms with Gasteiger partial charge in [-0.15, -0.1) is 0 Å².